The highest BCUT2D eigenvalue weighted by atomic mass is 16.2. The van der Waals surface area contributed by atoms with Crippen LogP contribution in [0.3, 0.4) is 0 Å². The topological polar surface area (TPSA) is 32.3 Å². The molecule has 3 heteroatoms. The van der Waals surface area contributed by atoms with Crippen LogP contribution in [0.5, 0.6) is 0 Å². The van der Waals surface area contributed by atoms with Gasteiger partial charge in [0.05, 0.1) is 11.4 Å². The first-order chi connectivity index (χ1) is 9.22. The largest absolute Gasteiger partial charge is 0.340 e. The maximum absolute atomic E-state index is 12.2. The van der Waals surface area contributed by atoms with E-state index in [4.69, 9.17) is 0 Å². The Balaban J connectivity index is 2.71. The molecular weight excluding hydrogens is 236 g/mol. The van der Waals surface area contributed by atoms with E-state index in [0.29, 0.717) is 0 Å². The van der Waals surface area contributed by atoms with Crippen molar-refractivity contribution >= 4 is 17.8 Å². The van der Waals surface area contributed by atoms with Crippen molar-refractivity contribution in [1.82, 2.24) is 5.32 Å². The molecule has 0 saturated carbocycles. The number of anilines is 1. The zero-order valence-corrected chi connectivity index (χ0v) is 10.9. The highest BCUT2D eigenvalue weighted by molar-refractivity contribution is 5.99. The summed E-state index contributed by atoms with van der Waals surface area (Å²) in [5, 5.41) is 2.66. The van der Waals surface area contributed by atoms with Crippen molar-refractivity contribution in [3.8, 4) is 0 Å². The standard InChI is InChI=1S/C16H16N2O/c1-4-12-10-11-13-8-6-7-9-15(13)18(14(12)5-2)16(19)17-3/h4-11H,1-2H2,3H3,(H,17,19). The molecule has 1 aromatic rings. The molecule has 0 saturated heterocycles. The van der Waals surface area contributed by atoms with Crippen molar-refractivity contribution in [3.63, 3.8) is 0 Å². The first-order valence-electron chi connectivity index (χ1n) is 6.01. The van der Waals surface area contributed by atoms with Gasteiger partial charge in [-0.05, 0) is 23.3 Å². The van der Waals surface area contributed by atoms with Crippen molar-refractivity contribution in [2.24, 2.45) is 0 Å². The summed E-state index contributed by atoms with van der Waals surface area (Å²) in [6, 6.07) is 7.52. The molecule has 1 aliphatic rings. The lowest BCUT2D eigenvalue weighted by molar-refractivity contribution is 0.250. The summed E-state index contributed by atoms with van der Waals surface area (Å²) < 4.78 is 0. The van der Waals surface area contributed by atoms with Gasteiger partial charge in [-0.15, -0.1) is 0 Å². The van der Waals surface area contributed by atoms with Crippen molar-refractivity contribution in [2.45, 2.75) is 0 Å². The molecule has 0 bridgehead atoms. The number of carbonyl (C=O) groups excluding carboxylic acids is 1. The van der Waals surface area contributed by atoms with Gasteiger partial charge in [-0.25, -0.2) is 4.79 Å². The fourth-order valence-electron chi connectivity index (χ4n) is 2.07. The van der Waals surface area contributed by atoms with Crippen LogP contribution in [0.1, 0.15) is 5.56 Å². The predicted molar refractivity (Wildman–Crippen MR) is 79.8 cm³/mol. The smallest absolute Gasteiger partial charge is 0.326 e. The lowest BCUT2D eigenvalue weighted by Gasteiger charge is -2.24. The molecule has 0 spiro atoms. The molecule has 0 radical (unpaired) electrons. The van der Waals surface area contributed by atoms with E-state index in [1.807, 2.05) is 36.4 Å². The first kappa shape index (κ1) is 12.9. The highest BCUT2D eigenvalue weighted by Crippen LogP contribution is 2.31. The molecule has 0 unspecified atom stereocenters. The van der Waals surface area contributed by atoms with Crippen LogP contribution in [0, 0.1) is 0 Å². The van der Waals surface area contributed by atoms with Gasteiger partial charge in [0.1, 0.15) is 0 Å². The third-order valence-electron chi connectivity index (χ3n) is 2.99. The quantitative estimate of drug-likeness (QED) is 0.858. The summed E-state index contributed by atoms with van der Waals surface area (Å²) in [7, 11) is 1.61. The van der Waals surface area contributed by atoms with Crippen LogP contribution in [0.25, 0.3) is 6.08 Å². The van der Waals surface area contributed by atoms with E-state index in [2.05, 4.69) is 18.5 Å². The van der Waals surface area contributed by atoms with E-state index in [1.54, 1.807) is 24.1 Å². The Bertz CT molecular complexity index is 597. The zero-order chi connectivity index (χ0) is 13.8. The van der Waals surface area contributed by atoms with E-state index >= 15 is 0 Å². The number of urea groups is 1. The Morgan fingerprint density at radius 1 is 1.21 bits per heavy atom. The molecular formula is C16H16N2O. The van der Waals surface area contributed by atoms with Gasteiger partial charge >= 0.3 is 6.03 Å². The molecule has 1 aromatic carbocycles. The molecule has 0 fully saturated rings. The Morgan fingerprint density at radius 3 is 2.58 bits per heavy atom. The molecule has 1 heterocycles. The monoisotopic (exact) mass is 252 g/mol. The van der Waals surface area contributed by atoms with Crippen molar-refractivity contribution < 1.29 is 4.79 Å². The summed E-state index contributed by atoms with van der Waals surface area (Å²) in [5.41, 5.74) is 3.37. The molecule has 2 amide bonds. The second-order valence-corrected chi connectivity index (χ2v) is 4.03. The van der Waals surface area contributed by atoms with Crippen molar-refractivity contribution in [3.05, 3.63) is 72.5 Å². The molecule has 0 aliphatic carbocycles. The van der Waals surface area contributed by atoms with Gasteiger partial charge in [0.2, 0.25) is 0 Å². The van der Waals surface area contributed by atoms with E-state index in [0.717, 1.165) is 22.5 Å². The van der Waals surface area contributed by atoms with Gasteiger partial charge in [-0.2, -0.15) is 0 Å². The number of para-hydroxylation sites is 1. The average Bonchev–Trinajstić information content (AvgIpc) is 2.62. The SMILES string of the molecule is C=CC1=C(C=C)N(C(=O)NC)c2ccccc2C=C1. The van der Waals surface area contributed by atoms with Gasteiger partial charge in [0.15, 0.2) is 0 Å². The average molecular weight is 252 g/mol. The van der Waals surface area contributed by atoms with Gasteiger partial charge in [-0.1, -0.05) is 49.6 Å². The second kappa shape index (κ2) is 5.40. The number of fused-ring (bicyclic) bond motifs is 1. The van der Waals surface area contributed by atoms with Crippen LogP contribution in [-0.4, -0.2) is 13.1 Å². The van der Waals surface area contributed by atoms with Gasteiger partial charge in [0, 0.05) is 7.05 Å². The third-order valence-corrected chi connectivity index (χ3v) is 2.99. The number of amides is 2. The van der Waals surface area contributed by atoms with Gasteiger partial charge in [0.25, 0.3) is 0 Å². The number of benzene rings is 1. The molecule has 1 aliphatic heterocycles. The zero-order valence-electron chi connectivity index (χ0n) is 10.9. The lowest BCUT2D eigenvalue weighted by Crippen LogP contribution is -2.37. The molecule has 0 aromatic heterocycles. The second-order valence-electron chi connectivity index (χ2n) is 4.03. The fourth-order valence-corrected chi connectivity index (χ4v) is 2.07. The molecule has 1 N–H and O–H groups in total. The van der Waals surface area contributed by atoms with E-state index in [-0.39, 0.29) is 6.03 Å². The Morgan fingerprint density at radius 2 is 1.95 bits per heavy atom. The lowest BCUT2D eigenvalue weighted by atomic mass is 10.1. The molecule has 3 nitrogen and oxygen atoms in total. The molecule has 2 rings (SSSR count). The Hall–Kier alpha value is -2.55. The minimum atomic E-state index is -0.203. The van der Waals surface area contributed by atoms with Crippen LogP contribution in [0.15, 0.2) is 66.9 Å². The van der Waals surface area contributed by atoms with Crippen molar-refractivity contribution in [1.29, 1.82) is 0 Å². The van der Waals surface area contributed by atoms with Crippen molar-refractivity contribution in [2.75, 3.05) is 11.9 Å². The molecule has 19 heavy (non-hydrogen) atoms. The maximum Gasteiger partial charge on any atom is 0.326 e. The van der Waals surface area contributed by atoms with Crippen LogP contribution in [0.4, 0.5) is 10.5 Å². The summed E-state index contributed by atoms with van der Waals surface area (Å²) in [4.78, 5) is 13.8. The van der Waals surface area contributed by atoms with Gasteiger partial charge in [-0.3, -0.25) is 4.90 Å². The number of rotatable bonds is 2. The molecule has 0 atom stereocenters. The van der Waals surface area contributed by atoms with Crippen LogP contribution in [0.2, 0.25) is 0 Å². The highest BCUT2D eigenvalue weighted by Gasteiger charge is 2.22. The molecule has 96 valence electrons. The summed E-state index contributed by atoms with van der Waals surface area (Å²) in [6.45, 7) is 7.59. The summed E-state index contributed by atoms with van der Waals surface area (Å²) >= 11 is 0. The van der Waals surface area contributed by atoms with Crippen LogP contribution >= 0.6 is 0 Å². The maximum atomic E-state index is 12.2. The minimum absolute atomic E-state index is 0.203. The van der Waals surface area contributed by atoms with Crippen LogP contribution in [-0.2, 0) is 0 Å². The minimum Gasteiger partial charge on any atom is -0.340 e. The normalized spacial score (nSPS) is 13.6. The van der Waals surface area contributed by atoms with E-state index < -0.39 is 0 Å². The number of carbonyl (C=O) groups is 1. The Labute approximate surface area is 113 Å². The van der Waals surface area contributed by atoms with Crippen LogP contribution < -0.4 is 10.2 Å². The first-order valence-corrected chi connectivity index (χ1v) is 6.01. The van der Waals surface area contributed by atoms with Gasteiger partial charge < -0.3 is 5.32 Å². The number of hydrogen-bond acceptors (Lipinski definition) is 1. The summed E-state index contributed by atoms with van der Waals surface area (Å²) in [5.74, 6) is 0. The summed E-state index contributed by atoms with van der Waals surface area (Å²) in [6.07, 6.45) is 7.29. The number of nitrogens with zero attached hydrogens (tertiary/aromatic N) is 1. The third kappa shape index (κ3) is 2.22. The number of allylic oxidation sites excluding steroid dienone is 4. The van der Waals surface area contributed by atoms with E-state index in [9.17, 15) is 4.79 Å². The van der Waals surface area contributed by atoms with E-state index in [1.165, 1.54) is 0 Å². The number of nitrogens with one attached hydrogen (secondary N) is 1. The Kier molecular flexibility index (Phi) is 3.66. The predicted octanol–water partition coefficient (Wildman–Crippen LogP) is 3.49. The fraction of sp³-hybridized carbons (Fsp3) is 0.0625. The number of hydrogen-bond donors (Lipinski definition) is 1.